The first-order valence-corrected chi connectivity index (χ1v) is 12.6. The van der Waals surface area contributed by atoms with E-state index < -0.39 is 11.9 Å². The van der Waals surface area contributed by atoms with Crippen LogP contribution in [0.25, 0.3) is 0 Å². The summed E-state index contributed by atoms with van der Waals surface area (Å²) in [4.78, 5) is 14.6. The van der Waals surface area contributed by atoms with E-state index in [0.717, 1.165) is 23.7 Å². The molecule has 1 aliphatic heterocycles. The topological polar surface area (TPSA) is 71.5 Å². The Morgan fingerprint density at radius 3 is 2.52 bits per heavy atom. The van der Waals surface area contributed by atoms with Crippen molar-refractivity contribution in [2.75, 3.05) is 13.2 Å². The van der Waals surface area contributed by atoms with Gasteiger partial charge in [0.1, 0.15) is 12.5 Å². The normalized spacial score (nSPS) is 14.2. The standard InChI is InChI=1S/C18H29Cl2N.C8H7NO3/c1-3-4-5-6-7-8-9-10-11-21-14-17-15(2)12-16(19)13-18(17)20;10-8(11)6-4-12-7-5(6)2-1-3-9-7/h12-13,21H,3-11,14H2,1-2H3;1-3,6H,4H2,(H,10,11)/t;6-/m.1/s1. The number of nitrogens with one attached hydrogen (secondary N) is 1. The lowest BCUT2D eigenvalue weighted by molar-refractivity contribution is -0.138. The molecule has 0 aliphatic carbocycles. The fourth-order valence-corrected chi connectivity index (χ4v) is 4.46. The molecule has 0 bridgehead atoms. The lowest BCUT2D eigenvalue weighted by atomic mass is 10.0. The van der Waals surface area contributed by atoms with Gasteiger partial charge in [-0.25, -0.2) is 4.98 Å². The van der Waals surface area contributed by atoms with E-state index in [1.807, 2.05) is 12.1 Å². The van der Waals surface area contributed by atoms with Crippen molar-refractivity contribution in [3.63, 3.8) is 0 Å². The van der Waals surface area contributed by atoms with Crippen LogP contribution >= 0.6 is 23.2 Å². The Hall–Kier alpha value is -1.82. The maximum absolute atomic E-state index is 10.7. The molecule has 182 valence electrons. The summed E-state index contributed by atoms with van der Waals surface area (Å²) in [5.41, 5.74) is 3.00. The van der Waals surface area contributed by atoms with Crippen LogP contribution in [0.2, 0.25) is 10.0 Å². The van der Waals surface area contributed by atoms with Crippen molar-refractivity contribution in [2.45, 2.75) is 77.7 Å². The summed E-state index contributed by atoms with van der Waals surface area (Å²) in [6.07, 6.45) is 12.4. The fraction of sp³-hybridized carbons (Fsp3) is 0.538. The SMILES string of the molecule is CCCCCCCCCCNCc1c(C)cc(Cl)cc1Cl.O=C(O)[C@@H]1COc2ncccc21. The third-order valence-corrected chi connectivity index (χ3v) is 6.31. The van der Waals surface area contributed by atoms with E-state index in [4.69, 9.17) is 33.0 Å². The quantitative estimate of drug-likeness (QED) is 0.305. The highest BCUT2D eigenvalue weighted by molar-refractivity contribution is 6.35. The number of carboxylic acid groups (broad SMARTS) is 1. The van der Waals surface area contributed by atoms with Gasteiger partial charge >= 0.3 is 5.97 Å². The number of hydrogen-bond acceptors (Lipinski definition) is 4. The first kappa shape index (κ1) is 27.4. The van der Waals surface area contributed by atoms with Gasteiger partial charge in [-0.3, -0.25) is 4.79 Å². The number of ether oxygens (including phenoxy) is 1. The first-order chi connectivity index (χ1) is 15.9. The zero-order valence-corrected chi connectivity index (χ0v) is 21.2. The highest BCUT2D eigenvalue weighted by atomic mass is 35.5. The molecule has 2 heterocycles. The van der Waals surface area contributed by atoms with E-state index in [1.54, 1.807) is 18.3 Å². The van der Waals surface area contributed by atoms with Crippen LogP contribution in [0.5, 0.6) is 5.88 Å². The largest absolute Gasteiger partial charge is 0.481 e. The molecule has 0 amide bonds. The number of nitrogens with zero attached hydrogens (tertiary/aromatic N) is 1. The number of pyridine rings is 1. The first-order valence-electron chi connectivity index (χ1n) is 11.9. The smallest absolute Gasteiger partial charge is 0.314 e. The van der Waals surface area contributed by atoms with Gasteiger partial charge < -0.3 is 15.2 Å². The summed E-state index contributed by atoms with van der Waals surface area (Å²) in [5.74, 6) is -0.958. The summed E-state index contributed by atoms with van der Waals surface area (Å²) in [6, 6.07) is 7.24. The average molecular weight is 495 g/mol. The number of unbranched alkanes of at least 4 members (excludes halogenated alkanes) is 7. The maximum atomic E-state index is 10.7. The van der Waals surface area contributed by atoms with Gasteiger partial charge in [-0.05, 0) is 49.2 Å². The molecule has 2 N–H and O–H groups in total. The van der Waals surface area contributed by atoms with Gasteiger partial charge in [0, 0.05) is 28.4 Å². The predicted octanol–water partition coefficient (Wildman–Crippen LogP) is 7.17. The number of halogens is 2. The van der Waals surface area contributed by atoms with Crippen LogP contribution < -0.4 is 10.1 Å². The molecule has 0 unspecified atom stereocenters. The molecular formula is C26H36Cl2N2O3. The molecule has 5 nitrogen and oxygen atoms in total. The van der Waals surface area contributed by atoms with Crippen molar-refractivity contribution in [3.8, 4) is 5.88 Å². The summed E-state index contributed by atoms with van der Waals surface area (Å²) < 4.78 is 5.08. The van der Waals surface area contributed by atoms with Gasteiger partial charge in [-0.2, -0.15) is 0 Å². The van der Waals surface area contributed by atoms with Crippen LogP contribution in [-0.2, 0) is 11.3 Å². The van der Waals surface area contributed by atoms with E-state index in [1.165, 1.54) is 56.9 Å². The lowest BCUT2D eigenvalue weighted by Gasteiger charge is -2.10. The Labute approximate surface area is 207 Å². The van der Waals surface area contributed by atoms with E-state index >= 15 is 0 Å². The fourth-order valence-electron chi connectivity index (χ4n) is 3.80. The zero-order chi connectivity index (χ0) is 24.1. The molecular weight excluding hydrogens is 459 g/mol. The van der Waals surface area contributed by atoms with Crippen molar-refractivity contribution in [2.24, 2.45) is 0 Å². The van der Waals surface area contributed by atoms with Crippen LogP contribution in [0.3, 0.4) is 0 Å². The molecule has 1 aromatic carbocycles. The van der Waals surface area contributed by atoms with Crippen molar-refractivity contribution in [1.82, 2.24) is 10.3 Å². The van der Waals surface area contributed by atoms with E-state index in [2.05, 4.69) is 24.1 Å². The van der Waals surface area contributed by atoms with Crippen LogP contribution in [0.1, 0.15) is 80.9 Å². The van der Waals surface area contributed by atoms with Crippen LogP contribution in [0.15, 0.2) is 30.5 Å². The molecule has 7 heteroatoms. The van der Waals surface area contributed by atoms with Crippen molar-refractivity contribution >= 4 is 29.2 Å². The predicted molar refractivity (Wildman–Crippen MR) is 136 cm³/mol. The zero-order valence-electron chi connectivity index (χ0n) is 19.7. The number of carbonyl (C=O) groups is 1. The molecule has 1 aliphatic rings. The number of hydrogen-bond donors (Lipinski definition) is 2. The lowest BCUT2D eigenvalue weighted by Crippen LogP contribution is -2.15. The molecule has 1 aromatic heterocycles. The second-order valence-electron chi connectivity index (χ2n) is 8.43. The van der Waals surface area contributed by atoms with Crippen LogP contribution in [0, 0.1) is 6.92 Å². The Morgan fingerprint density at radius 2 is 1.85 bits per heavy atom. The number of benzene rings is 1. The molecule has 1 atom stereocenters. The molecule has 33 heavy (non-hydrogen) atoms. The molecule has 0 saturated carbocycles. The minimum atomic E-state index is -0.859. The van der Waals surface area contributed by atoms with Gasteiger partial charge in [0.15, 0.2) is 0 Å². The number of aliphatic carboxylic acids is 1. The molecule has 0 spiro atoms. The summed E-state index contributed by atoms with van der Waals surface area (Å²) in [5, 5.41) is 13.7. The van der Waals surface area contributed by atoms with Gasteiger partial charge in [-0.15, -0.1) is 0 Å². The van der Waals surface area contributed by atoms with Crippen molar-refractivity contribution in [3.05, 3.63) is 57.2 Å². The second kappa shape index (κ2) is 15.2. The Bertz CT molecular complexity index is 853. The average Bonchev–Trinajstić information content (AvgIpc) is 3.21. The number of fused-ring (bicyclic) bond motifs is 1. The number of aromatic nitrogens is 1. The van der Waals surface area contributed by atoms with E-state index in [0.29, 0.717) is 16.5 Å². The summed E-state index contributed by atoms with van der Waals surface area (Å²) in [6.45, 7) is 6.42. The molecule has 0 fully saturated rings. The summed E-state index contributed by atoms with van der Waals surface area (Å²) in [7, 11) is 0. The molecule has 0 saturated heterocycles. The van der Waals surface area contributed by atoms with E-state index in [-0.39, 0.29) is 6.61 Å². The highest BCUT2D eigenvalue weighted by Crippen LogP contribution is 2.31. The third kappa shape index (κ3) is 9.52. The van der Waals surface area contributed by atoms with Crippen LogP contribution in [-0.4, -0.2) is 29.2 Å². The third-order valence-electron chi connectivity index (χ3n) is 5.75. The van der Waals surface area contributed by atoms with E-state index in [9.17, 15) is 4.79 Å². The van der Waals surface area contributed by atoms with Gasteiger partial charge in [-0.1, -0.05) is 81.1 Å². The highest BCUT2D eigenvalue weighted by Gasteiger charge is 2.30. The number of carboxylic acids is 1. The monoisotopic (exact) mass is 494 g/mol. The van der Waals surface area contributed by atoms with Crippen LogP contribution in [0.4, 0.5) is 0 Å². The van der Waals surface area contributed by atoms with Crippen molar-refractivity contribution < 1.29 is 14.6 Å². The Balaban J connectivity index is 0.000000268. The summed E-state index contributed by atoms with van der Waals surface area (Å²) >= 11 is 12.2. The van der Waals surface area contributed by atoms with Gasteiger partial charge in [0.2, 0.25) is 5.88 Å². The Kier molecular flexibility index (Phi) is 12.6. The van der Waals surface area contributed by atoms with Gasteiger partial charge in [0.05, 0.1) is 0 Å². The number of rotatable bonds is 12. The molecule has 2 aromatic rings. The second-order valence-corrected chi connectivity index (χ2v) is 9.28. The van der Waals surface area contributed by atoms with Crippen molar-refractivity contribution in [1.29, 1.82) is 0 Å². The maximum Gasteiger partial charge on any atom is 0.314 e. The van der Waals surface area contributed by atoms with Gasteiger partial charge in [0.25, 0.3) is 0 Å². The molecule has 0 radical (unpaired) electrons. The minimum absolute atomic E-state index is 0.196. The Morgan fingerprint density at radius 1 is 1.15 bits per heavy atom. The molecule has 3 rings (SSSR count). The minimum Gasteiger partial charge on any atom is -0.481 e. The number of aryl methyl sites for hydroxylation is 1.